The van der Waals surface area contributed by atoms with E-state index in [9.17, 15) is 4.79 Å². The molecule has 0 radical (unpaired) electrons. The highest BCUT2D eigenvalue weighted by molar-refractivity contribution is 7.71. The van der Waals surface area contributed by atoms with Crippen molar-refractivity contribution in [3.05, 3.63) is 27.4 Å². The number of hydrogen-bond acceptors (Lipinski definition) is 2. The molecule has 0 saturated heterocycles. The average molecular weight is 224 g/mol. The fraction of sp³-hybridized carbons (Fsp3) is 0.636. The molecule has 82 valence electrons. The Morgan fingerprint density at radius 1 is 1.60 bits per heavy atom. The van der Waals surface area contributed by atoms with Gasteiger partial charge in [-0.3, -0.25) is 9.78 Å². The molecule has 0 aromatic carbocycles. The second kappa shape index (κ2) is 4.31. The molecule has 0 spiro atoms. The van der Waals surface area contributed by atoms with Crippen LogP contribution in [0.1, 0.15) is 26.2 Å². The minimum atomic E-state index is -0.115. The van der Waals surface area contributed by atoms with Gasteiger partial charge >= 0.3 is 0 Å². The van der Waals surface area contributed by atoms with Gasteiger partial charge in [0.2, 0.25) is 0 Å². The molecule has 1 N–H and O–H groups in total. The van der Waals surface area contributed by atoms with Crippen molar-refractivity contribution in [1.82, 2.24) is 9.55 Å². The summed E-state index contributed by atoms with van der Waals surface area (Å²) in [4.78, 5) is 13.7. The van der Waals surface area contributed by atoms with E-state index in [4.69, 9.17) is 12.2 Å². The Morgan fingerprint density at radius 2 is 2.40 bits per heavy atom. The molecular weight excluding hydrogens is 208 g/mol. The van der Waals surface area contributed by atoms with Gasteiger partial charge in [0.25, 0.3) is 5.56 Å². The van der Waals surface area contributed by atoms with Crippen molar-refractivity contribution >= 4 is 12.2 Å². The van der Waals surface area contributed by atoms with Crippen LogP contribution in [0.25, 0.3) is 0 Å². The average Bonchev–Trinajstić information content (AvgIpc) is 2.57. The summed E-state index contributed by atoms with van der Waals surface area (Å²) in [5, 5.41) is 0. The summed E-state index contributed by atoms with van der Waals surface area (Å²) in [6.45, 7) is 3.24. The van der Waals surface area contributed by atoms with Crippen LogP contribution < -0.4 is 5.56 Å². The quantitative estimate of drug-likeness (QED) is 0.783. The first-order chi connectivity index (χ1) is 7.16. The molecule has 15 heavy (non-hydrogen) atoms. The second-order valence-corrected chi connectivity index (χ2v) is 4.82. The number of aromatic amines is 1. The van der Waals surface area contributed by atoms with Crippen molar-refractivity contribution in [1.29, 1.82) is 0 Å². The predicted octanol–water partition coefficient (Wildman–Crippen LogP) is 2.34. The third-order valence-corrected chi connectivity index (χ3v) is 3.70. The molecule has 2 atom stereocenters. The Morgan fingerprint density at radius 3 is 3.00 bits per heavy atom. The van der Waals surface area contributed by atoms with Crippen molar-refractivity contribution in [2.45, 2.75) is 32.7 Å². The number of aromatic nitrogens is 2. The van der Waals surface area contributed by atoms with Gasteiger partial charge in [-0.25, -0.2) is 0 Å². The van der Waals surface area contributed by atoms with Gasteiger partial charge in [-0.05, 0) is 30.5 Å². The van der Waals surface area contributed by atoms with E-state index in [-0.39, 0.29) is 5.56 Å². The Hall–Kier alpha value is -0.900. The molecule has 1 aliphatic rings. The molecule has 1 aromatic rings. The first-order valence-electron chi connectivity index (χ1n) is 5.46. The van der Waals surface area contributed by atoms with Crippen LogP contribution in [0.4, 0.5) is 0 Å². The maximum Gasteiger partial charge on any atom is 0.251 e. The normalized spacial score (nSPS) is 25.7. The molecule has 1 fully saturated rings. The zero-order valence-electron chi connectivity index (χ0n) is 8.90. The largest absolute Gasteiger partial charge is 0.325 e. The Balaban J connectivity index is 2.17. The summed E-state index contributed by atoms with van der Waals surface area (Å²) in [6.07, 6.45) is 5.72. The summed E-state index contributed by atoms with van der Waals surface area (Å²) >= 11 is 5.12. The van der Waals surface area contributed by atoms with E-state index in [2.05, 4.69) is 11.9 Å². The standard InChI is InChI=1S/C11H16N2OS/c1-8-3-2-4-9(8)7-13-6-5-10(14)12-11(13)15/h5-6,8-9H,2-4,7H2,1H3,(H,12,14,15). The van der Waals surface area contributed by atoms with E-state index in [0.717, 1.165) is 12.5 Å². The lowest BCUT2D eigenvalue weighted by atomic mass is 9.98. The van der Waals surface area contributed by atoms with Crippen LogP contribution in [0.2, 0.25) is 0 Å². The minimum absolute atomic E-state index is 0.115. The molecule has 1 aromatic heterocycles. The van der Waals surface area contributed by atoms with Gasteiger partial charge < -0.3 is 4.57 Å². The lowest BCUT2D eigenvalue weighted by Crippen LogP contribution is -2.17. The van der Waals surface area contributed by atoms with Crippen LogP contribution in [-0.4, -0.2) is 9.55 Å². The first kappa shape index (κ1) is 10.6. The van der Waals surface area contributed by atoms with Crippen LogP contribution in [0.3, 0.4) is 0 Å². The van der Waals surface area contributed by atoms with Gasteiger partial charge in [-0.2, -0.15) is 0 Å². The SMILES string of the molecule is CC1CCCC1Cn1ccc(=O)[nH]c1=S. The van der Waals surface area contributed by atoms with E-state index in [1.165, 1.54) is 25.3 Å². The Kier molecular flexibility index (Phi) is 3.05. The van der Waals surface area contributed by atoms with Crippen LogP contribution in [0.5, 0.6) is 0 Å². The van der Waals surface area contributed by atoms with E-state index in [0.29, 0.717) is 10.7 Å². The molecule has 1 aliphatic carbocycles. The zero-order valence-corrected chi connectivity index (χ0v) is 9.72. The molecule has 2 unspecified atom stereocenters. The highest BCUT2D eigenvalue weighted by Crippen LogP contribution is 2.32. The third-order valence-electron chi connectivity index (χ3n) is 3.37. The van der Waals surface area contributed by atoms with Crippen LogP contribution in [0.15, 0.2) is 17.1 Å². The summed E-state index contributed by atoms with van der Waals surface area (Å²) in [7, 11) is 0. The van der Waals surface area contributed by atoms with Crippen molar-refractivity contribution in [3.8, 4) is 0 Å². The van der Waals surface area contributed by atoms with E-state index < -0.39 is 0 Å². The summed E-state index contributed by atoms with van der Waals surface area (Å²) in [6, 6.07) is 1.54. The number of H-pyrrole nitrogens is 1. The van der Waals surface area contributed by atoms with E-state index >= 15 is 0 Å². The van der Waals surface area contributed by atoms with Crippen LogP contribution in [0, 0.1) is 16.6 Å². The minimum Gasteiger partial charge on any atom is -0.325 e. The van der Waals surface area contributed by atoms with Gasteiger partial charge in [0.1, 0.15) is 0 Å². The van der Waals surface area contributed by atoms with Crippen molar-refractivity contribution in [2.24, 2.45) is 11.8 Å². The van der Waals surface area contributed by atoms with Crippen molar-refractivity contribution in [2.75, 3.05) is 0 Å². The molecule has 4 heteroatoms. The van der Waals surface area contributed by atoms with Gasteiger partial charge in [-0.15, -0.1) is 0 Å². The van der Waals surface area contributed by atoms with Gasteiger partial charge in [0, 0.05) is 18.8 Å². The predicted molar refractivity (Wildman–Crippen MR) is 62.4 cm³/mol. The van der Waals surface area contributed by atoms with Crippen LogP contribution in [-0.2, 0) is 6.54 Å². The topological polar surface area (TPSA) is 37.8 Å². The number of nitrogens with zero attached hydrogens (tertiary/aromatic N) is 1. The zero-order chi connectivity index (χ0) is 10.8. The van der Waals surface area contributed by atoms with Gasteiger partial charge in [0.15, 0.2) is 4.77 Å². The van der Waals surface area contributed by atoms with E-state index in [1.807, 2.05) is 4.57 Å². The third kappa shape index (κ3) is 2.37. The molecule has 0 bridgehead atoms. The maximum atomic E-state index is 11.0. The Labute approximate surface area is 94.1 Å². The fourth-order valence-electron chi connectivity index (χ4n) is 2.33. The first-order valence-corrected chi connectivity index (χ1v) is 5.87. The molecular formula is C11H16N2OS. The van der Waals surface area contributed by atoms with Crippen molar-refractivity contribution < 1.29 is 0 Å². The number of nitrogens with one attached hydrogen (secondary N) is 1. The molecule has 1 heterocycles. The molecule has 1 saturated carbocycles. The summed E-state index contributed by atoms with van der Waals surface area (Å²) < 4.78 is 2.52. The highest BCUT2D eigenvalue weighted by atomic mass is 32.1. The van der Waals surface area contributed by atoms with Crippen LogP contribution >= 0.6 is 12.2 Å². The monoisotopic (exact) mass is 224 g/mol. The lowest BCUT2D eigenvalue weighted by molar-refractivity contribution is 0.359. The summed E-state index contributed by atoms with van der Waals surface area (Å²) in [5.74, 6) is 1.49. The molecule has 2 rings (SSSR count). The van der Waals surface area contributed by atoms with Gasteiger partial charge in [0.05, 0.1) is 0 Å². The molecule has 3 nitrogen and oxygen atoms in total. The van der Waals surface area contributed by atoms with E-state index in [1.54, 1.807) is 6.20 Å². The lowest BCUT2D eigenvalue weighted by Gasteiger charge is -2.16. The Bertz CT molecular complexity index is 448. The van der Waals surface area contributed by atoms with Crippen molar-refractivity contribution in [3.63, 3.8) is 0 Å². The maximum absolute atomic E-state index is 11.0. The molecule has 0 amide bonds. The highest BCUT2D eigenvalue weighted by Gasteiger charge is 2.23. The second-order valence-electron chi connectivity index (χ2n) is 4.43. The molecule has 0 aliphatic heterocycles. The fourth-order valence-corrected chi connectivity index (χ4v) is 2.57. The smallest absolute Gasteiger partial charge is 0.251 e. The number of hydrogen-bond donors (Lipinski definition) is 1. The van der Waals surface area contributed by atoms with Gasteiger partial charge in [-0.1, -0.05) is 19.8 Å². The number of rotatable bonds is 2. The summed E-state index contributed by atoms with van der Waals surface area (Å²) in [5.41, 5.74) is -0.115.